The van der Waals surface area contributed by atoms with Crippen LogP contribution in [0.1, 0.15) is 0 Å². The monoisotopic (exact) mass is 268 g/mol. The van der Waals surface area contributed by atoms with Crippen molar-refractivity contribution in [2.24, 2.45) is 0 Å². The Labute approximate surface area is 94.9 Å². The van der Waals surface area contributed by atoms with Crippen LogP contribution in [0.3, 0.4) is 0 Å². The summed E-state index contributed by atoms with van der Waals surface area (Å²) in [6.07, 6.45) is 0.459. The molecule has 0 N–H and O–H groups in total. The fraction of sp³-hybridized carbons (Fsp3) is 0.222. The largest absolute Gasteiger partial charge is 0.501 e. The summed E-state index contributed by atoms with van der Waals surface area (Å²) in [5.74, 6) is 0.109. The van der Waals surface area contributed by atoms with Gasteiger partial charge in [-0.15, -0.1) is 0 Å². The molecule has 0 saturated heterocycles. The van der Waals surface area contributed by atoms with Crippen molar-refractivity contribution in [2.45, 2.75) is 10.4 Å². The lowest BCUT2D eigenvalue weighted by Crippen LogP contribution is -2.23. The normalized spacial score (nSPS) is 12.2. The van der Waals surface area contributed by atoms with E-state index in [1.165, 1.54) is 0 Å². The van der Waals surface area contributed by atoms with E-state index in [1.54, 1.807) is 0 Å². The molecule has 0 aliphatic carbocycles. The van der Waals surface area contributed by atoms with E-state index < -0.39 is 20.2 Å². The van der Waals surface area contributed by atoms with Crippen LogP contribution in [-0.2, 0) is 14.6 Å². The van der Waals surface area contributed by atoms with Crippen LogP contribution < -0.4 is 4.74 Å². The van der Waals surface area contributed by atoms with E-state index in [1.807, 2.05) is 0 Å². The van der Waals surface area contributed by atoms with Gasteiger partial charge in [-0.1, -0.05) is 0 Å². The van der Waals surface area contributed by atoms with Crippen LogP contribution in [0.4, 0.5) is 13.2 Å². The molecule has 0 aliphatic heterocycles. The Morgan fingerprint density at radius 2 is 1.71 bits per heavy atom. The molecule has 1 aromatic rings. The summed E-state index contributed by atoms with van der Waals surface area (Å²) in [7, 11) is -5.34. The molecule has 0 aliphatic rings. The molecule has 0 aromatic heterocycles. The summed E-state index contributed by atoms with van der Waals surface area (Å²) in [5.41, 5.74) is -5.34. The Kier molecular flexibility index (Phi) is 3.76. The molecule has 8 heteroatoms. The highest BCUT2D eigenvalue weighted by Gasteiger charge is 2.46. The van der Waals surface area contributed by atoms with Gasteiger partial charge < -0.3 is 4.74 Å². The molecule has 0 bridgehead atoms. The van der Waals surface area contributed by atoms with Crippen LogP contribution in [0, 0.1) is 0 Å². The van der Waals surface area contributed by atoms with Gasteiger partial charge in [0.2, 0.25) is 0 Å². The molecule has 0 unspecified atom stereocenters. The predicted octanol–water partition coefficient (Wildman–Crippen LogP) is 1.56. The van der Waals surface area contributed by atoms with E-state index in [0.717, 1.165) is 24.3 Å². The van der Waals surface area contributed by atoms with Gasteiger partial charge >= 0.3 is 5.51 Å². The Balaban J connectivity index is 2.99. The predicted molar refractivity (Wildman–Crippen MR) is 51.2 cm³/mol. The Hall–Kier alpha value is -1.57. The van der Waals surface area contributed by atoms with E-state index in [2.05, 4.69) is 0 Å². The minimum atomic E-state index is -5.34. The number of benzene rings is 1. The summed E-state index contributed by atoms with van der Waals surface area (Å²) >= 11 is 0. The minimum absolute atomic E-state index is 0.109. The molecular formula is C9H7F3O4S. The van der Waals surface area contributed by atoms with Gasteiger partial charge in [-0.2, -0.15) is 13.2 Å². The second-order valence-electron chi connectivity index (χ2n) is 2.90. The average molecular weight is 268 g/mol. The van der Waals surface area contributed by atoms with Crippen LogP contribution in [0.2, 0.25) is 0 Å². The summed E-state index contributed by atoms with van der Waals surface area (Å²) in [4.78, 5) is 9.09. The first-order chi connectivity index (χ1) is 7.79. The highest BCUT2D eigenvalue weighted by Crippen LogP contribution is 2.30. The Bertz CT molecular complexity index is 490. The molecular weight excluding hydrogens is 261 g/mol. The zero-order valence-corrected chi connectivity index (χ0v) is 9.09. The van der Waals surface area contributed by atoms with Gasteiger partial charge in [-0.3, -0.25) is 4.79 Å². The van der Waals surface area contributed by atoms with Crippen LogP contribution in [0.5, 0.6) is 5.75 Å². The standard InChI is InChI=1S/C9H7F3O4S/c10-9(11,12)17(14,15)8-3-1-7(2-4-8)16-6-5-13/h1-5H,6H2. The lowest BCUT2D eigenvalue weighted by Gasteiger charge is -2.08. The molecule has 1 rings (SSSR count). The topological polar surface area (TPSA) is 60.4 Å². The quantitative estimate of drug-likeness (QED) is 0.777. The lowest BCUT2D eigenvalue weighted by atomic mass is 10.3. The van der Waals surface area contributed by atoms with Gasteiger partial charge in [0.05, 0.1) is 4.90 Å². The van der Waals surface area contributed by atoms with Gasteiger partial charge in [0.15, 0.2) is 6.29 Å². The fourth-order valence-corrected chi connectivity index (χ4v) is 1.74. The van der Waals surface area contributed by atoms with Gasteiger partial charge in [0.1, 0.15) is 12.4 Å². The number of alkyl halides is 3. The molecule has 0 spiro atoms. The maximum Gasteiger partial charge on any atom is 0.501 e. The first kappa shape index (κ1) is 13.5. The molecule has 0 heterocycles. The van der Waals surface area contributed by atoms with Gasteiger partial charge in [0, 0.05) is 0 Å². The summed E-state index contributed by atoms with van der Waals surface area (Å²) < 4.78 is 63.1. The number of halogens is 3. The van der Waals surface area contributed by atoms with Crippen LogP contribution in [0.15, 0.2) is 29.2 Å². The molecule has 0 amide bonds. The number of ether oxygens (including phenoxy) is 1. The highest BCUT2D eigenvalue weighted by molar-refractivity contribution is 7.92. The number of rotatable bonds is 4. The van der Waals surface area contributed by atoms with Crippen molar-refractivity contribution in [3.05, 3.63) is 24.3 Å². The number of hydrogen-bond donors (Lipinski definition) is 0. The summed E-state index contributed by atoms with van der Waals surface area (Å²) in [6.45, 7) is -0.259. The highest BCUT2D eigenvalue weighted by atomic mass is 32.2. The van der Waals surface area contributed by atoms with Crippen molar-refractivity contribution < 1.29 is 31.1 Å². The number of carbonyl (C=O) groups excluding carboxylic acids is 1. The average Bonchev–Trinajstić information content (AvgIpc) is 2.25. The SMILES string of the molecule is O=CCOc1ccc(S(=O)(=O)C(F)(F)F)cc1. The third kappa shape index (κ3) is 2.96. The maximum absolute atomic E-state index is 12.2. The van der Waals surface area contributed by atoms with E-state index in [9.17, 15) is 26.4 Å². The lowest BCUT2D eigenvalue weighted by molar-refractivity contribution is -0.109. The Morgan fingerprint density at radius 1 is 1.18 bits per heavy atom. The van der Waals surface area contributed by atoms with Crippen LogP contribution in [-0.4, -0.2) is 26.8 Å². The van der Waals surface area contributed by atoms with Crippen molar-refractivity contribution in [3.8, 4) is 5.75 Å². The number of hydrogen-bond acceptors (Lipinski definition) is 4. The maximum atomic E-state index is 12.2. The van der Waals surface area contributed by atoms with E-state index in [-0.39, 0.29) is 12.4 Å². The van der Waals surface area contributed by atoms with Crippen molar-refractivity contribution in [1.29, 1.82) is 0 Å². The molecule has 17 heavy (non-hydrogen) atoms. The van der Waals surface area contributed by atoms with Crippen LogP contribution in [0.25, 0.3) is 0 Å². The van der Waals surface area contributed by atoms with Gasteiger partial charge in [-0.05, 0) is 24.3 Å². The van der Waals surface area contributed by atoms with E-state index in [4.69, 9.17) is 4.74 Å². The van der Waals surface area contributed by atoms with Gasteiger partial charge in [0.25, 0.3) is 9.84 Å². The molecule has 94 valence electrons. The molecule has 0 radical (unpaired) electrons. The molecule has 1 aromatic carbocycles. The molecule has 0 saturated carbocycles. The van der Waals surface area contributed by atoms with Crippen LogP contribution >= 0.6 is 0 Å². The smallest absolute Gasteiger partial charge is 0.486 e. The summed E-state index contributed by atoms with van der Waals surface area (Å²) in [5, 5.41) is 0. The molecule has 0 atom stereocenters. The third-order valence-corrected chi connectivity index (χ3v) is 3.26. The zero-order valence-electron chi connectivity index (χ0n) is 8.27. The van der Waals surface area contributed by atoms with Crippen molar-refractivity contribution in [3.63, 3.8) is 0 Å². The first-order valence-corrected chi connectivity index (χ1v) is 5.75. The summed E-state index contributed by atoms with van der Waals surface area (Å²) in [6, 6.07) is 3.62. The molecule has 4 nitrogen and oxygen atoms in total. The third-order valence-electron chi connectivity index (χ3n) is 1.76. The number of aldehydes is 1. The van der Waals surface area contributed by atoms with Crippen molar-refractivity contribution >= 4 is 16.1 Å². The van der Waals surface area contributed by atoms with Crippen molar-refractivity contribution in [2.75, 3.05) is 6.61 Å². The second-order valence-corrected chi connectivity index (χ2v) is 4.84. The van der Waals surface area contributed by atoms with E-state index >= 15 is 0 Å². The van der Waals surface area contributed by atoms with Crippen molar-refractivity contribution in [1.82, 2.24) is 0 Å². The number of sulfone groups is 1. The van der Waals surface area contributed by atoms with Gasteiger partial charge in [-0.25, -0.2) is 8.42 Å². The second kappa shape index (κ2) is 4.74. The Morgan fingerprint density at radius 3 is 2.12 bits per heavy atom. The molecule has 0 fully saturated rings. The van der Waals surface area contributed by atoms with E-state index in [0.29, 0.717) is 6.29 Å². The zero-order chi connectivity index (χ0) is 13.1. The first-order valence-electron chi connectivity index (χ1n) is 4.27. The number of carbonyl (C=O) groups is 1. The fourth-order valence-electron chi connectivity index (χ4n) is 0.979. The minimum Gasteiger partial charge on any atom is -0.486 e.